The Hall–Kier alpha value is -1.21. The van der Waals surface area contributed by atoms with Crippen LogP contribution in [0.25, 0.3) is 0 Å². The van der Waals surface area contributed by atoms with E-state index in [0.717, 1.165) is 5.56 Å². The van der Waals surface area contributed by atoms with E-state index in [4.69, 9.17) is 0 Å². The highest BCUT2D eigenvalue weighted by molar-refractivity contribution is 9.10. The van der Waals surface area contributed by atoms with E-state index in [1.807, 2.05) is 0 Å². The zero-order chi connectivity index (χ0) is 14.0. The molecule has 2 aromatic rings. The van der Waals surface area contributed by atoms with Gasteiger partial charge in [-0.15, -0.1) is 0 Å². The lowest BCUT2D eigenvalue weighted by molar-refractivity contribution is 0.625. The average molecular weight is 391 g/mol. The Balaban J connectivity index is 2.19. The van der Waals surface area contributed by atoms with Gasteiger partial charge >= 0.3 is 0 Å². The van der Waals surface area contributed by atoms with Gasteiger partial charge in [-0.3, -0.25) is 4.79 Å². The first-order valence-corrected chi connectivity index (χ1v) is 6.96. The zero-order valence-electron chi connectivity index (χ0n) is 9.95. The second-order valence-corrected chi connectivity index (χ2v) is 5.64. The quantitative estimate of drug-likeness (QED) is 0.876. The fourth-order valence-corrected chi connectivity index (χ4v) is 2.56. The lowest BCUT2D eigenvalue weighted by Gasteiger charge is -2.09. The van der Waals surface area contributed by atoms with Crippen LogP contribution in [0.15, 0.2) is 38.1 Å². The van der Waals surface area contributed by atoms with E-state index in [9.17, 15) is 9.18 Å². The maximum Gasteiger partial charge on any atom is 0.282 e. The minimum atomic E-state index is -0.313. The summed E-state index contributed by atoms with van der Waals surface area (Å²) in [5.41, 5.74) is 1.10. The number of rotatable bonds is 3. The van der Waals surface area contributed by atoms with Crippen LogP contribution in [0, 0.1) is 5.82 Å². The number of anilines is 1. The first kappa shape index (κ1) is 14.2. The largest absolute Gasteiger partial charge is 0.379 e. The predicted molar refractivity (Wildman–Crippen MR) is 78.6 cm³/mol. The summed E-state index contributed by atoms with van der Waals surface area (Å²) in [6.45, 7) is 0.393. The van der Waals surface area contributed by atoms with E-state index >= 15 is 0 Å². The predicted octanol–water partition coefficient (Wildman–Crippen LogP) is 3.06. The van der Waals surface area contributed by atoms with Crippen molar-refractivity contribution >= 4 is 37.5 Å². The van der Waals surface area contributed by atoms with Gasteiger partial charge in [0.05, 0.1) is 11.9 Å². The maximum absolute atomic E-state index is 13.2. The third kappa shape index (κ3) is 3.42. The molecule has 0 unspecified atom stereocenters. The molecule has 0 saturated carbocycles. The van der Waals surface area contributed by atoms with Crippen LogP contribution >= 0.6 is 31.9 Å². The Labute approximate surface area is 125 Å². The Morgan fingerprint density at radius 3 is 2.79 bits per heavy atom. The molecule has 4 nitrogen and oxygen atoms in total. The van der Waals surface area contributed by atoms with Crippen LogP contribution in [0.5, 0.6) is 0 Å². The molecule has 19 heavy (non-hydrogen) atoms. The summed E-state index contributed by atoms with van der Waals surface area (Å²) in [6.07, 6.45) is 1.54. The fourth-order valence-electron chi connectivity index (χ4n) is 1.54. The molecule has 0 aliphatic heterocycles. The van der Waals surface area contributed by atoms with Gasteiger partial charge in [0, 0.05) is 18.1 Å². The highest BCUT2D eigenvalue weighted by atomic mass is 79.9. The molecule has 2 rings (SSSR count). The van der Waals surface area contributed by atoms with Gasteiger partial charge in [0.15, 0.2) is 0 Å². The normalized spacial score (nSPS) is 10.5. The topological polar surface area (TPSA) is 46.9 Å². The van der Waals surface area contributed by atoms with E-state index in [1.165, 1.54) is 16.8 Å². The molecule has 1 N–H and O–H groups in total. The summed E-state index contributed by atoms with van der Waals surface area (Å²) in [5.74, 6) is -0.313. The van der Waals surface area contributed by atoms with Crippen molar-refractivity contribution in [1.29, 1.82) is 0 Å². The van der Waals surface area contributed by atoms with Gasteiger partial charge < -0.3 is 5.32 Å². The number of hydrogen-bond donors (Lipinski definition) is 1. The standard InChI is InChI=1S/C12H10Br2FN3O/c1-18-12(19)11(14)10(6-17-18)16-5-7-2-8(13)4-9(15)3-7/h2-4,6,16H,5H2,1H3. The third-order valence-electron chi connectivity index (χ3n) is 2.48. The third-order valence-corrected chi connectivity index (χ3v) is 3.71. The van der Waals surface area contributed by atoms with Gasteiger partial charge in [-0.2, -0.15) is 5.10 Å². The van der Waals surface area contributed by atoms with Crippen LogP contribution < -0.4 is 10.9 Å². The Kier molecular flexibility index (Phi) is 4.36. The molecule has 0 aliphatic rings. The number of nitrogens with zero attached hydrogens (tertiary/aromatic N) is 2. The van der Waals surface area contributed by atoms with Crippen molar-refractivity contribution < 1.29 is 4.39 Å². The molecule has 100 valence electrons. The number of aryl methyl sites for hydroxylation is 1. The van der Waals surface area contributed by atoms with Crippen molar-refractivity contribution in [3.05, 3.63) is 55.1 Å². The fraction of sp³-hybridized carbons (Fsp3) is 0.167. The zero-order valence-corrected chi connectivity index (χ0v) is 13.1. The van der Waals surface area contributed by atoms with Gasteiger partial charge in [-0.1, -0.05) is 15.9 Å². The van der Waals surface area contributed by atoms with Gasteiger partial charge in [-0.05, 0) is 39.7 Å². The first-order chi connectivity index (χ1) is 8.97. The van der Waals surface area contributed by atoms with Crippen LogP contribution in [0.2, 0.25) is 0 Å². The van der Waals surface area contributed by atoms with Crippen molar-refractivity contribution in [2.75, 3.05) is 5.32 Å². The minimum Gasteiger partial charge on any atom is -0.379 e. The second-order valence-electron chi connectivity index (χ2n) is 3.93. The summed E-state index contributed by atoms with van der Waals surface area (Å²) < 4.78 is 15.5. The summed E-state index contributed by atoms with van der Waals surface area (Å²) in [6, 6.07) is 4.62. The summed E-state index contributed by atoms with van der Waals surface area (Å²) >= 11 is 6.45. The maximum atomic E-state index is 13.2. The first-order valence-electron chi connectivity index (χ1n) is 5.38. The lowest BCUT2D eigenvalue weighted by Crippen LogP contribution is -2.21. The SMILES string of the molecule is Cn1ncc(NCc2cc(F)cc(Br)c2)c(Br)c1=O. The number of nitrogens with one attached hydrogen (secondary N) is 1. The summed E-state index contributed by atoms with van der Waals surface area (Å²) in [7, 11) is 1.57. The van der Waals surface area contributed by atoms with Crippen LogP contribution in [0.1, 0.15) is 5.56 Å². The van der Waals surface area contributed by atoms with Crippen LogP contribution in [-0.2, 0) is 13.6 Å². The molecule has 0 radical (unpaired) electrons. The molecule has 0 saturated heterocycles. The van der Waals surface area contributed by atoms with Crippen molar-refractivity contribution in [2.45, 2.75) is 6.54 Å². The summed E-state index contributed by atoms with van der Waals surface area (Å²) in [5, 5.41) is 6.96. The molecule has 0 atom stereocenters. The average Bonchev–Trinajstić information content (AvgIpc) is 2.34. The molecular formula is C12H10Br2FN3O. The highest BCUT2D eigenvalue weighted by Gasteiger charge is 2.07. The monoisotopic (exact) mass is 389 g/mol. The van der Waals surface area contributed by atoms with Crippen molar-refractivity contribution in [3.63, 3.8) is 0 Å². The van der Waals surface area contributed by atoms with E-state index in [1.54, 1.807) is 19.3 Å². The summed E-state index contributed by atoms with van der Waals surface area (Å²) in [4.78, 5) is 11.7. The van der Waals surface area contributed by atoms with E-state index in [-0.39, 0.29) is 11.4 Å². The smallest absolute Gasteiger partial charge is 0.282 e. The second kappa shape index (κ2) is 5.83. The van der Waals surface area contributed by atoms with Gasteiger partial charge in [-0.25, -0.2) is 9.07 Å². The van der Waals surface area contributed by atoms with Gasteiger partial charge in [0.1, 0.15) is 10.3 Å². The lowest BCUT2D eigenvalue weighted by atomic mass is 10.2. The Morgan fingerprint density at radius 2 is 2.11 bits per heavy atom. The molecule has 0 bridgehead atoms. The number of halogens is 3. The van der Waals surface area contributed by atoms with E-state index in [0.29, 0.717) is 21.2 Å². The van der Waals surface area contributed by atoms with E-state index in [2.05, 4.69) is 42.3 Å². The molecule has 7 heteroatoms. The van der Waals surface area contributed by atoms with Crippen molar-refractivity contribution in [3.8, 4) is 0 Å². The molecule has 1 aromatic carbocycles. The van der Waals surface area contributed by atoms with Crippen LogP contribution in [0.3, 0.4) is 0 Å². The number of aromatic nitrogens is 2. The molecule has 1 aromatic heterocycles. The van der Waals surface area contributed by atoms with Gasteiger partial charge in [0.25, 0.3) is 5.56 Å². The highest BCUT2D eigenvalue weighted by Crippen LogP contribution is 2.19. The van der Waals surface area contributed by atoms with Crippen molar-refractivity contribution in [1.82, 2.24) is 9.78 Å². The number of benzene rings is 1. The minimum absolute atomic E-state index is 0.231. The molecule has 0 amide bonds. The van der Waals surface area contributed by atoms with Gasteiger partial charge in [0.2, 0.25) is 0 Å². The Bertz CT molecular complexity index is 652. The molecule has 0 aliphatic carbocycles. The molecule has 0 spiro atoms. The molecular weight excluding hydrogens is 381 g/mol. The van der Waals surface area contributed by atoms with Crippen LogP contribution in [-0.4, -0.2) is 9.78 Å². The Morgan fingerprint density at radius 1 is 1.37 bits per heavy atom. The van der Waals surface area contributed by atoms with Crippen LogP contribution in [0.4, 0.5) is 10.1 Å². The van der Waals surface area contributed by atoms with Crippen molar-refractivity contribution in [2.24, 2.45) is 7.05 Å². The van der Waals surface area contributed by atoms with E-state index < -0.39 is 0 Å². The number of hydrogen-bond acceptors (Lipinski definition) is 3. The molecule has 1 heterocycles. The molecule has 0 fully saturated rings.